The van der Waals surface area contributed by atoms with Gasteiger partial charge in [0, 0.05) is 0 Å². The Labute approximate surface area is 91.8 Å². The fraction of sp³-hybridized carbons (Fsp3) is 0.455. The van der Waals surface area contributed by atoms with Gasteiger partial charge in [-0.25, -0.2) is 4.39 Å². The molecule has 1 saturated heterocycles. The van der Waals surface area contributed by atoms with Gasteiger partial charge < -0.3 is 5.32 Å². The second kappa shape index (κ2) is 4.41. The minimum absolute atomic E-state index is 0.158. The summed E-state index contributed by atoms with van der Waals surface area (Å²) in [5.41, 5.74) is 1.10. The van der Waals surface area contributed by atoms with E-state index in [2.05, 4.69) is 21.2 Å². The van der Waals surface area contributed by atoms with Crippen LogP contribution in [-0.2, 0) is 6.42 Å². The lowest BCUT2D eigenvalue weighted by molar-refractivity contribution is 0.327. The van der Waals surface area contributed by atoms with E-state index in [0.29, 0.717) is 4.47 Å². The van der Waals surface area contributed by atoms with Gasteiger partial charge in [0.2, 0.25) is 0 Å². The van der Waals surface area contributed by atoms with Gasteiger partial charge >= 0.3 is 0 Å². The van der Waals surface area contributed by atoms with Crippen molar-refractivity contribution in [2.24, 2.45) is 5.92 Å². The van der Waals surface area contributed by atoms with Gasteiger partial charge in [-0.2, -0.15) is 0 Å². The van der Waals surface area contributed by atoms with Crippen LogP contribution < -0.4 is 5.32 Å². The smallest absolute Gasteiger partial charge is 0.137 e. The molecule has 1 fully saturated rings. The zero-order valence-corrected chi connectivity index (χ0v) is 9.48. The summed E-state index contributed by atoms with van der Waals surface area (Å²) >= 11 is 3.15. The third-order valence-corrected chi connectivity index (χ3v) is 3.33. The van der Waals surface area contributed by atoms with E-state index in [9.17, 15) is 4.39 Å². The number of rotatable bonds is 3. The molecule has 0 amide bonds. The van der Waals surface area contributed by atoms with Gasteiger partial charge in [-0.1, -0.05) is 6.07 Å². The Kier molecular flexibility index (Phi) is 3.19. The van der Waals surface area contributed by atoms with Crippen LogP contribution in [0.25, 0.3) is 0 Å². The molecule has 1 aromatic rings. The molecule has 1 N–H and O–H groups in total. The lowest BCUT2D eigenvalue weighted by Crippen LogP contribution is -2.42. The van der Waals surface area contributed by atoms with Gasteiger partial charge in [0.1, 0.15) is 5.82 Å². The van der Waals surface area contributed by atoms with Crippen molar-refractivity contribution in [3.63, 3.8) is 0 Å². The summed E-state index contributed by atoms with van der Waals surface area (Å²) < 4.78 is 13.7. The highest BCUT2D eigenvalue weighted by Gasteiger charge is 2.16. The second-order valence-corrected chi connectivity index (χ2v) is 4.67. The van der Waals surface area contributed by atoms with Crippen LogP contribution in [0.15, 0.2) is 22.7 Å². The van der Waals surface area contributed by atoms with Crippen molar-refractivity contribution < 1.29 is 4.39 Å². The Bertz CT molecular complexity index is 323. The quantitative estimate of drug-likeness (QED) is 0.879. The minimum atomic E-state index is -0.158. The molecule has 0 bridgehead atoms. The molecule has 0 aromatic heterocycles. The molecule has 76 valence electrons. The van der Waals surface area contributed by atoms with Crippen molar-refractivity contribution >= 4 is 15.9 Å². The molecule has 1 aromatic carbocycles. The zero-order valence-electron chi connectivity index (χ0n) is 7.89. The molecule has 0 radical (unpaired) electrons. The van der Waals surface area contributed by atoms with Crippen molar-refractivity contribution in [1.29, 1.82) is 0 Å². The van der Waals surface area contributed by atoms with Crippen LogP contribution in [0.4, 0.5) is 4.39 Å². The van der Waals surface area contributed by atoms with Crippen molar-refractivity contribution in [2.45, 2.75) is 12.8 Å². The monoisotopic (exact) mass is 257 g/mol. The Hall–Kier alpha value is -0.410. The lowest BCUT2D eigenvalue weighted by Gasteiger charge is -2.26. The van der Waals surface area contributed by atoms with Crippen LogP contribution in [0.2, 0.25) is 0 Å². The van der Waals surface area contributed by atoms with E-state index in [1.807, 2.05) is 6.07 Å². The van der Waals surface area contributed by atoms with E-state index in [-0.39, 0.29) is 5.82 Å². The number of nitrogens with one attached hydrogen (secondary N) is 1. The molecular weight excluding hydrogens is 245 g/mol. The number of hydrogen-bond acceptors (Lipinski definition) is 1. The van der Waals surface area contributed by atoms with E-state index in [1.165, 1.54) is 0 Å². The summed E-state index contributed by atoms with van der Waals surface area (Å²) in [5, 5.41) is 3.24. The van der Waals surface area contributed by atoms with E-state index < -0.39 is 0 Å². The molecule has 0 atom stereocenters. The number of aryl methyl sites for hydroxylation is 1. The summed E-state index contributed by atoms with van der Waals surface area (Å²) in [7, 11) is 0. The first-order chi connectivity index (χ1) is 6.75. The van der Waals surface area contributed by atoms with Crippen molar-refractivity contribution in [3.05, 3.63) is 34.1 Å². The highest BCUT2D eigenvalue weighted by Crippen LogP contribution is 2.19. The van der Waals surface area contributed by atoms with Gasteiger partial charge in [-0.05, 0) is 65.5 Å². The average Bonchev–Trinajstić information content (AvgIpc) is 2.08. The normalized spacial score (nSPS) is 16.7. The van der Waals surface area contributed by atoms with Gasteiger partial charge in [-0.15, -0.1) is 0 Å². The molecule has 1 nitrogen and oxygen atoms in total. The topological polar surface area (TPSA) is 12.0 Å². The highest BCUT2D eigenvalue weighted by molar-refractivity contribution is 9.10. The standard InChI is InChI=1S/C11H13BrFN/c12-10-4-3-8(5-11(10)13)1-2-9-6-14-7-9/h3-5,9,14H,1-2,6-7H2. The maximum absolute atomic E-state index is 13.1. The largest absolute Gasteiger partial charge is 0.316 e. The van der Waals surface area contributed by atoms with Crippen LogP contribution in [0, 0.1) is 11.7 Å². The first kappa shape index (κ1) is 10.1. The first-order valence-electron chi connectivity index (χ1n) is 4.90. The zero-order chi connectivity index (χ0) is 9.97. The van der Waals surface area contributed by atoms with Gasteiger partial charge in [0.25, 0.3) is 0 Å². The van der Waals surface area contributed by atoms with E-state index >= 15 is 0 Å². The van der Waals surface area contributed by atoms with Gasteiger partial charge in [-0.3, -0.25) is 0 Å². The molecule has 2 rings (SSSR count). The molecule has 0 unspecified atom stereocenters. The predicted molar refractivity (Wildman–Crippen MR) is 58.8 cm³/mol. The summed E-state index contributed by atoms with van der Waals surface area (Å²) in [5.74, 6) is 0.635. The summed E-state index contributed by atoms with van der Waals surface area (Å²) in [6.45, 7) is 2.25. The Balaban J connectivity index is 1.91. The van der Waals surface area contributed by atoms with Crippen LogP contribution >= 0.6 is 15.9 Å². The molecular formula is C11H13BrFN. The van der Waals surface area contributed by atoms with Crippen molar-refractivity contribution in [3.8, 4) is 0 Å². The van der Waals surface area contributed by atoms with Crippen molar-refractivity contribution in [1.82, 2.24) is 5.32 Å². The first-order valence-corrected chi connectivity index (χ1v) is 5.69. The van der Waals surface area contributed by atoms with E-state index in [0.717, 1.165) is 37.4 Å². The molecule has 3 heteroatoms. The average molecular weight is 258 g/mol. The SMILES string of the molecule is Fc1cc(CCC2CNC2)ccc1Br. The fourth-order valence-electron chi connectivity index (χ4n) is 1.62. The molecule has 1 heterocycles. The van der Waals surface area contributed by atoms with Crippen LogP contribution in [0.5, 0.6) is 0 Å². The number of hydrogen-bond donors (Lipinski definition) is 1. The van der Waals surface area contributed by atoms with Crippen LogP contribution in [0.3, 0.4) is 0 Å². The molecule has 0 aliphatic carbocycles. The minimum Gasteiger partial charge on any atom is -0.316 e. The molecule has 1 aliphatic heterocycles. The summed E-state index contributed by atoms with van der Waals surface area (Å²) in [4.78, 5) is 0. The highest BCUT2D eigenvalue weighted by atomic mass is 79.9. The fourth-order valence-corrected chi connectivity index (χ4v) is 1.87. The lowest BCUT2D eigenvalue weighted by atomic mass is 9.95. The van der Waals surface area contributed by atoms with Crippen molar-refractivity contribution in [2.75, 3.05) is 13.1 Å². The third-order valence-electron chi connectivity index (χ3n) is 2.69. The second-order valence-electron chi connectivity index (χ2n) is 3.81. The van der Waals surface area contributed by atoms with E-state index in [1.54, 1.807) is 12.1 Å². The van der Waals surface area contributed by atoms with Gasteiger partial charge in [0.15, 0.2) is 0 Å². The maximum Gasteiger partial charge on any atom is 0.137 e. The van der Waals surface area contributed by atoms with E-state index in [4.69, 9.17) is 0 Å². The number of halogens is 2. The number of benzene rings is 1. The Morgan fingerprint density at radius 2 is 2.21 bits per heavy atom. The van der Waals surface area contributed by atoms with Crippen LogP contribution in [-0.4, -0.2) is 13.1 Å². The summed E-state index contributed by atoms with van der Waals surface area (Å²) in [6.07, 6.45) is 2.14. The Morgan fingerprint density at radius 3 is 2.79 bits per heavy atom. The predicted octanol–water partition coefficient (Wildman–Crippen LogP) is 2.74. The van der Waals surface area contributed by atoms with Crippen LogP contribution in [0.1, 0.15) is 12.0 Å². The summed E-state index contributed by atoms with van der Waals surface area (Å²) in [6, 6.07) is 5.39. The molecule has 14 heavy (non-hydrogen) atoms. The molecule has 0 spiro atoms. The third kappa shape index (κ3) is 2.34. The van der Waals surface area contributed by atoms with Gasteiger partial charge in [0.05, 0.1) is 4.47 Å². The maximum atomic E-state index is 13.1. The Morgan fingerprint density at radius 1 is 1.43 bits per heavy atom. The molecule has 0 saturated carbocycles. The molecule has 1 aliphatic rings.